The number of carbonyl (C=O) groups is 3. The first kappa shape index (κ1) is 18.4. The molecule has 0 saturated carbocycles. The van der Waals surface area contributed by atoms with Crippen LogP contribution in [0.5, 0.6) is 0 Å². The van der Waals surface area contributed by atoms with E-state index in [1.165, 1.54) is 6.20 Å². The van der Waals surface area contributed by atoms with Crippen LogP contribution >= 0.6 is 0 Å². The van der Waals surface area contributed by atoms with Crippen LogP contribution in [0.1, 0.15) is 30.6 Å². The molecule has 25 heavy (non-hydrogen) atoms. The molecule has 1 aromatic carbocycles. The lowest BCUT2D eigenvalue weighted by atomic mass is 9.98. The van der Waals surface area contributed by atoms with Gasteiger partial charge in [-0.25, -0.2) is 4.79 Å². The standard InChI is InChI=1S/C18H20N2O5/c1-3-25-15(21)8-11(2)16(18(23)24)20-17(22)13-9-12-6-4-5-7-14(12)19-10-13/h4-7,9-11,16H,3,8H2,1-2H3,(H,20,22)(H,23,24)/t11-,16+/m0/s1. The van der Waals surface area contributed by atoms with Crippen molar-refractivity contribution in [3.05, 3.63) is 42.1 Å². The van der Waals surface area contributed by atoms with Gasteiger partial charge in [-0.3, -0.25) is 14.6 Å². The Hall–Kier alpha value is -2.96. The third kappa shape index (κ3) is 4.76. The molecular weight excluding hydrogens is 324 g/mol. The Morgan fingerprint density at radius 2 is 2.00 bits per heavy atom. The molecule has 1 amide bonds. The van der Waals surface area contributed by atoms with Crippen molar-refractivity contribution < 1.29 is 24.2 Å². The summed E-state index contributed by atoms with van der Waals surface area (Å²) in [4.78, 5) is 39.6. The number of amides is 1. The van der Waals surface area contributed by atoms with Gasteiger partial charge in [0.15, 0.2) is 0 Å². The summed E-state index contributed by atoms with van der Waals surface area (Å²) in [6, 6.07) is 7.74. The summed E-state index contributed by atoms with van der Waals surface area (Å²) >= 11 is 0. The summed E-state index contributed by atoms with van der Waals surface area (Å²) in [6.45, 7) is 3.47. The molecular formula is C18H20N2O5. The van der Waals surface area contributed by atoms with Gasteiger partial charge in [-0.2, -0.15) is 0 Å². The van der Waals surface area contributed by atoms with Crippen molar-refractivity contribution in [1.29, 1.82) is 0 Å². The highest BCUT2D eigenvalue weighted by Crippen LogP contribution is 2.14. The van der Waals surface area contributed by atoms with Crippen LogP contribution < -0.4 is 5.32 Å². The molecule has 0 aliphatic carbocycles. The predicted octanol–water partition coefficient (Wildman–Crippen LogP) is 2.01. The first-order valence-electron chi connectivity index (χ1n) is 7.96. The molecule has 7 nitrogen and oxygen atoms in total. The smallest absolute Gasteiger partial charge is 0.326 e. The summed E-state index contributed by atoms with van der Waals surface area (Å²) in [5.41, 5.74) is 0.998. The molecule has 0 bridgehead atoms. The fourth-order valence-corrected chi connectivity index (χ4v) is 2.47. The molecule has 1 heterocycles. The number of esters is 1. The molecule has 0 unspecified atom stereocenters. The Bertz CT molecular complexity index is 790. The molecule has 2 N–H and O–H groups in total. The molecule has 0 spiro atoms. The molecule has 0 fully saturated rings. The van der Waals surface area contributed by atoms with Gasteiger partial charge in [0, 0.05) is 11.6 Å². The number of nitrogens with one attached hydrogen (secondary N) is 1. The second-order valence-electron chi connectivity index (χ2n) is 5.69. The van der Waals surface area contributed by atoms with Gasteiger partial charge in [0.25, 0.3) is 5.91 Å². The zero-order chi connectivity index (χ0) is 18.4. The van der Waals surface area contributed by atoms with Crippen LogP contribution in [-0.2, 0) is 14.3 Å². The van der Waals surface area contributed by atoms with E-state index in [4.69, 9.17) is 4.74 Å². The number of carboxylic acid groups (broad SMARTS) is 1. The van der Waals surface area contributed by atoms with Crippen LogP contribution in [0.4, 0.5) is 0 Å². The van der Waals surface area contributed by atoms with Crippen LogP contribution in [0.2, 0.25) is 0 Å². The summed E-state index contributed by atoms with van der Waals surface area (Å²) in [5.74, 6) is -2.88. The van der Waals surface area contributed by atoms with Gasteiger partial charge in [0.2, 0.25) is 0 Å². The van der Waals surface area contributed by atoms with Gasteiger partial charge in [-0.1, -0.05) is 25.1 Å². The number of aliphatic carboxylic acids is 1. The number of aromatic nitrogens is 1. The van der Waals surface area contributed by atoms with E-state index in [1.54, 1.807) is 19.9 Å². The highest BCUT2D eigenvalue weighted by molar-refractivity contribution is 5.99. The molecule has 2 rings (SSSR count). The van der Waals surface area contributed by atoms with Crippen molar-refractivity contribution in [2.75, 3.05) is 6.61 Å². The number of fused-ring (bicyclic) bond motifs is 1. The normalized spacial score (nSPS) is 13.0. The Balaban J connectivity index is 2.13. The van der Waals surface area contributed by atoms with Crippen LogP contribution in [0.25, 0.3) is 10.9 Å². The zero-order valence-electron chi connectivity index (χ0n) is 14.1. The Morgan fingerprint density at radius 1 is 1.28 bits per heavy atom. The topological polar surface area (TPSA) is 106 Å². The fraction of sp³-hybridized carbons (Fsp3) is 0.333. The van der Waals surface area contributed by atoms with Crippen LogP contribution in [0.15, 0.2) is 36.5 Å². The second-order valence-corrected chi connectivity index (χ2v) is 5.69. The van der Waals surface area contributed by atoms with E-state index in [9.17, 15) is 19.5 Å². The number of pyridine rings is 1. The quantitative estimate of drug-likeness (QED) is 0.744. The molecule has 0 saturated heterocycles. The number of nitrogens with zero attached hydrogens (tertiary/aromatic N) is 1. The minimum absolute atomic E-state index is 0.0962. The Kier molecular flexibility index (Phi) is 6.05. The molecule has 0 radical (unpaired) electrons. The average molecular weight is 344 g/mol. The fourth-order valence-electron chi connectivity index (χ4n) is 2.47. The van der Waals surface area contributed by atoms with Gasteiger partial charge >= 0.3 is 11.9 Å². The maximum absolute atomic E-state index is 12.4. The van der Waals surface area contributed by atoms with E-state index >= 15 is 0 Å². The average Bonchev–Trinajstić information content (AvgIpc) is 2.58. The summed E-state index contributed by atoms with van der Waals surface area (Å²) in [6.07, 6.45) is 1.30. The van der Waals surface area contributed by atoms with Gasteiger partial charge in [-0.05, 0) is 25.0 Å². The first-order valence-corrected chi connectivity index (χ1v) is 7.96. The van der Waals surface area contributed by atoms with E-state index in [0.717, 1.165) is 10.9 Å². The van der Waals surface area contributed by atoms with Crippen LogP contribution in [-0.4, -0.2) is 40.6 Å². The number of benzene rings is 1. The highest BCUT2D eigenvalue weighted by atomic mass is 16.5. The van der Waals surface area contributed by atoms with Crippen LogP contribution in [0.3, 0.4) is 0 Å². The summed E-state index contributed by atoms with van der Waals surface area (Å²) in [5, 5.41) is 12.6. The molecule has 7 heteroatoms. The maximum atomic E-state index is 12.4. The minimum atomic E-state index is -1.21. The van der Waals surface area contributed by atoms with Crippen molar-refractivity contribution in [1.82, 2.24) is 10.3 Å². The Morgan fingerprint density at radius 3 is 2.68 bits per heavy atom. The minimum Gasteiger partial charge on any atom is -0.480 e. The van der Waals surface area contributed by atoms with Crippen molar-refractivity contribution in [2.24, 2.45) is 5.92 Å². The lowest BCUT2D eigenvalue weighted by Gasteiger charge is -2.20. The van der Waals surface area contributed by atoms with Gasteiger partial charge in [0.05, 0.1) is 24.1 Å². The maximum Gasteiger partial charge on any atom is 0.326 e. The van der Waals surface area contributed by atoms with Gasteiger partial charge in [0.1, 0.15) is 6.04 Å². The SMILES string of the molecule is CCOC(=O)C[C@H](C)[C@@H](NC(=O)c1cnc2ccccc2c1)C(=O)O. The first-order chi connectivity index (χ1) is 11.9. The number of hydrogen-bond donors (Lipinski definition) is 2. The molecule has 2 aromatic rings. The lowest BCUT2D eigenvalue weighted by molar-refractivity contribution is -0.145. The zero-order valence-corrected chi connectivity index (χ0v) is 14.1. The number of carboxylic acids is 1. The van der Waals surface area contributed by atoms with E-state index in [2.05, 4.69) is 10.3 Å². The third-order valence-corrected chi connectivity index (χ3v) is 3.77. The highest BCUT2D eigenvalue weighted by Gasteiger charge is 2.29. The van der Waals surface area contributed by atoms with Crippen molar-refractivity contribution in [3.8, 4) is 0 Å². The van der Waals surface area contributed by atoms with E-state index in [1.807, 2.05) is 24.3 Å². The molecule has 1 aromatic heterocycles. The van der Waals surface area contributed by atoms with E-state index in [-0.39, 0.29) is 18.6 Å². The van der Waals surface area contributed by atoms with E-state index in [0.29, 0.717) is 0 Å². The monoisotopic (exact) mass is 344 g/mol. The number of rotatable bonds is 7. The molecule has 0 aliphatic rings. The number of hydrogen-bond acceptors (Lipinski definition) is 5. The lowest BCUT2D eigenvalue weighted by Crippen LogP contribution is -2.45. The van der Waals surface area contributed by atoms with Crippen molar-refractivity contribution in [3.63, 3.8) is 0 Å². The number of para-hydroxylation sites is 1. The van der Waals surface area contributed by atoms with Gasteiger partial charge < -0.3 is 15.2 Å². The number of ether oxygens (including phenoxy) is 1. The third-order valence-electron chi connectivity index (χ3n) is 3.77. The Labute approximate surface area is 145 Å². The van der Waals surface area contributed by atoms with Crippen LogP contribution in [0, 0.1) is 5.92 Å². The van der Waals surface area contributed by atoms with Gasteiger partial charge in [-0.15, -0.1) is 0 Å². The van der Waals surface area contributed by atoms with Crippen molar-refractivity contribution >= 4 is 28.7 Å². The largest absolute Gasteiger partial charge is 0.480 e. The predicted molar refractivity (Wildman–Crippen MR) is 91.0 cm³/mol. The van der Waals surface area contributed by atoms with Crippen molar-refractivity contribution in [2.45, 2.75) is 26.3 Å². The summed E-state index contributed by atoms with van der Waals surface area (Å²) < 4.78 is 4.83. The molecule has 2 atom stereocenters. The number of carbonyl (C=O) groups excluding carboxylic acids is 2. The second kappa shape index (κ2) is 8.23. The van der Waals surface area contributed by atoms with E-state index < -0.39 is 29.8 Å². The molecule has 132 valence electrons. The summed E-state index contributed by atoms with van der Waals surface area (Å²) in [7, 11) is 0. The molecule has 0 aliphatic heterocycles.